The van der Waals surface area contributed by atoms with Crippen molar-refractivity contribution in [2.24, 2.45) is 0 Å². The zero-order chi connectivity index (χ0) is 37.8. The highest BCUT2D eigenvalue weighted by Gasteiger charge is 2.52. The molecule has 268 valence electrons. The molecule has 0 atom stereocenters. The Bertz CT molecular complexity index is 2890. The van der Waals surface area contributed by atoms with Crippen LogP contribution in [0, 0.1) is 0 Å². The van der Waals surface area contributed by atoms with E-state index >= 15 is 0 Å². The molecule has 0 saturated heterocycles. The van der Waals surface area contributed by atoms with Gasteiger partial charge in [-0.15, -0.1) is 0 Å². The van der Waals surface area contributed by atoms with Crippen LogP contribution in [0.4, 0.5) is 17.1 Å². The summed E-state index contributed by atoms with van der Waals surface area (Å²) < 4.78 is 6.71. The van der Waals surface area contributed by atoms with Crippen molar-refractivity contribution in [1.29, 1.82) is 0 Å². The van der Waals surface area contributed by atoms with E-state index in [9.17, 15) is 0 Å². The van der Waals surface area contributed by atoms with Crippen LogP contribution in [-0.4, -0.2) is 0 Å². The number of rotatable bonds is 6. The van der Waals surface area contributed by atoms with Crippen LogP contribution < -0.4 is 9.64 Å². The van der Waals surface area contributed by atoms with E-state index in [4.69, 9.17) is 4.74 Å². The third kappa shape index (κ3) is 5.26. The molecule has 0 aromatic heterocycles. The van der Waals surface area contributed by atoms with Gasteiger partial charge in [-0.3, -0.25) is 0 Å². The van der Waals surface area contributed by atoms with Gasteiger partial charge in [-0.05, 0) is 98.6 Å². The van der Waals surface area contributed by atoms with Crippen molar-refractivity contribution in [2.75, 3.05) is 4.90 Å². The molecule has 1 heterocycles. The highest BCUT2D eigenvalue weighted by Crippen LogP contribution is 2.64. The lowest BCUT2D eigenvalue weighted by Crippen LogP contribution is -2.33. The summed E-state index contributed by atoms with van der Waals surface area (Å²) >= 11 is 0. The first kappa shape index (κ1) is 33.0. The molecule has 1 aliphatic carbocycles. The second kappa shape index (κ2) is 13.4. The molecule has 0 radical (unpaired) electrons. The fourth-order valence-electron chi connectivity index (χ4n) is 9.27. The van der Waals surface area contributed by atoms with Crippen molar-refractivity contribution >= 4 is 17.1 Å². The fourth-order valence-corrected chi connectivity index (χ4v) is 9.27. The number of anilines is 3. The van der Waals surface area contributed by atoms with Gasteiger partial charge in [0.15, 0.2) is 0 Å². The van der Waals surface area contributed by atoms with E-state index < -0.39 is 5.41 Å². The summed E-state index contributed by atoms with van der Waals surface area (Å²) in [5, 5.41) is 0. The zero-order valence-corrected chi connectivity index (χ0v) is 31.2. The third-order valence-corrected chi connectivity index (χ3v) is 11.7. The Morgan fingerprint density at radius 1 is 0.316 bits per heavy atom. The molecule has 9 aromatic carbocycles. The Morgan fingerprint density at radius 3 is 1.47 bits per heavy atom. The molecule has 57 heavy (non-hydrogen) atoms. The van der Waals surface area contributed by atoms with E-state index in [0.717, 1.165) is 45.3 Å². The van der Waals surface area contributed by atoms with Gasteiger partial charge >= 0.3 is 0 Å². The summed E-state index contributed by atoms with van der Waals surface area (Å²) in [6.45, 7) is 0. The number of ether oxygens (including phenoxy) is 1. The average Bonchev–Trinajstić information content (AvgIpc) is 3.59. The van der Waals surface area contributed by atoms with Crippen LogP contribution in [0.25, 0.3) is 44.5 Å². The van der Waals surface area contributed by atoms with Crippen LogP contribution in [0.3, 0.4) is 0 Å². The number of hydrogen-bond acceptors (Lipinski definition) is 2. The Morgan fingerprint density at radius 2 is 0.789 bits per heavy atom. The molecular formula is C55H37NO. The first-order valence-corrected chi connectivity index (χ1v) is 19.6. The van der Waals surface area contributed by atoms with Crippen LogP contribution in [0.1, 0.15) is 22.3 Å². The lowest BCUT2D eigenvalue weighted by atomic mass is 9.65. The Hall–Kier alpha value is -7.42. The largest absolute Gasteiger partial charge is 0.457 e. The van der Waals surface area contributed by atoms with Crippen molar-refractivity contribution in [3.05, 3.63) is 247 Å². The van der Waals surface area contributed by atoms with Crippen molar-refractivity contribution in [3.8, 4) is 56.0 Å². The number of fused-ring (bicyclic) bond motifs is 9. The van der Waals surface area contributed by atoms with Gasteiger partial charge in [-0.25, -0.2) is 0 Å². The molecule has 0 saturated carbocycles. The highest BCUT2D eigenvalue weighted by molar-refractivity contribution is 5.96. The number of benzene rings is 9. The van der Waals surface area contributed by atoms with Crippen molar-refractivity contribution in [3.63, 3.8) is 0 Å². The Labute approximate surface area is 333 Å². The molecule has 9 aromatic rings. The summed E-state index contributed by atoms with van der Waals surface area (Å²) in [6, 6.07) is 81.1. The standard InChI is InChI=1S/C55H37NO/c1-3-16-38(17-4-1)40-32-34-44(35-33-40)56(45-23-14-22-43(37-45)42-21-13-20-41(36-42)39-18-5-2-6-19-39)51-29-15-25-47-46-24-7-8-26-48(46)55(54(47)51)49-27-9-11-30-52(49)57-53-31-12-10-28-50(53)55/h1-37H. The molecule has 0 unspecified atom stereocenters. The maximum Gasteiger partial charge on any atom is 0.132 e. The van der Waals surface area contributed by atoms with Gasteiger partial charge < -0.3 is 9.64 Å². The van der Waals surface area contributed by atoms with Gasteiger partial charge in [0.1, 0.15) is 11.5 Å². The maximum atomic E-state index is 6.71. The smallest absolute Gasteiger partial charge is 0.132 e. The number of hydrogen-bond donors (Lipinski definition) is 0. The van der Waals surface area contributed by atoms with E-state index in [-0.39, 0.29) is 0 Å². The quantitative estimate of drug-likeness (QED) is 0.169. The Kier molecular flexibility index (Phi) is 7.75. The minimum Gasteiger partial charge on any atom is -0.457 e. The molecule has 2 heteroatoms. The minimum absolute atomic E-state index is 0.627. The van der Waals surface area contributed by atoms with E-state index in [1.807, 2.05) is 0 Å². The van der Waals surface area contributed by atoms with Crippen molar-refractivity contribution in [2.45, 2.75) is 5.41 Å². The molecule has 2 aliphatic rings. The molecule has 11 rings (SSSR count). The topological polar surface area (TPSA) is 12.5 Å². The van der Waals surface area contributed by atoms with Crippen molar-refractivity contribution < 1.29 is 4.74 Å². The number of nitrogens with zero attached hydrogens (tertiary/aromatic N) is 1. The van der Waals surface area contributed by atoms with Crippen LogP contribution in [0.5, 0.6) is 11.5 Å². The zero-order valence-electron chi connectivity index (χ0n) is 31.2. The summed E-state index contributed by atoms with van der Waals surface area (Å²) in [5.74, 6) is 1.76. The van der Waals surface area contributed by atoms with E-state index in [2.05, 4.69) is 229 Å². The summed E-state index contributed by atoms with van der Waals surface area (Å²) in [5.41, 5.74) is 17.0. The second-order valence-corrected chi connectivity index (χ2v) is 14.8. The van der Waals surface area contributed by atoms with Gasteiger partial charge in [0.2, 0.25) is 0 Å². The summed E-state index contributed by atoms with van der Waals surface area (Å²) in [7, 11) is 0. The normalized spacial score (nSPS) is 12.8. The molecule has 2 nitrogen and oxygen atoms in total. The molecule has 0 N–H and O–H groups in total. The Balaban J connectivity index is 1.17. The molecule has 0 fully saturated rings. The molecule has 0 bridgehead atoms. The minimum atomic E-state index is -0.627. The second-order valence-electron chi connectivity index (χ2n) is 14.8. The van der Waals surface area contributed by atoms with Crippen LogP contribution >= 0.6 is 0 Å². The van der Waals surface area contributed by atoms with Gasteiger partial charge in [0, 0.05) is 28.1 Å². The maximum absolute atomic E-state index is 6.71. The van der Waals surface area contributed by atoms with Gasteiger partial charge in [0.25, 0.3) is 0 Å². The predicted octanol–water partition coefficient (Wildman–Crippen LogP) is 14.6. The lowest BCUT2D eigenvalue weighted by molar-refractivity contribution is 0.436. The monoisotopic (exact) mass is 727 g/mol. The lowest BCUT2D eigenvalue weighted by Gasteiger charge is -2.41. The molecule has 1 spiro atoms. The van der Waals surface area contributed by atoms with Gasteiger partial charge in [-0.2, -0.15) is 0 Å². The van der Waals surface area contributed by atoms with Crippen LogP contribution in [-0.2, 0) is 5.41 Å². The highest BCUT2D eigenvalue weighted by atomic mass is 16.5. The summed E-state index contributed by atoms with van der Waals surface area (Å²) in [6.07, 6.45) is 0. The van der Waals surface area contributed by atoms with E-state index in [1.54, 1.807) is 0 Å². The number of para-hydroxylation sites is 2. The summed E-state index contributed by atoms with van der Waals surface area (Å²) in [4.78, 5) is 2.46. The third-order valence-electron chi connectivity index (χ3n) is 11.7. The molecular weight excluding hydrogens is 691 g/mol. The first-order valence-electron chi connectivity index (χ1n) is 19.6. The van der Waals surface area contributed by atoms with Crippen LogP contribution in [0.15, 0.2) is 224 Å². The first-order chi connectivity index (χ1) is 28.3. The SMILES string of the molecule is c1ccc(-c2ccc(N(c3cccc(-c4cccc(-c5ccccc5)c4)c3)c3cccc4c3C3(c5ccccc5Oc5ccccc53)c3ccccc3-4)cc2)cc1. The van der Waals surface area contributed by atoms with Gasteiger partial charge in [-0.1, -0.05) is 176 Å². The average molecular weight is 728 g/mol. The van der Waals surface area contributed by atoms with Gasteiger partial charge in [0.05, 0.1) is 11.1 Å². The van der Waals surface area contributed by atoms with Crippen molar-refractivity contribution in [1.82, 2.24) is 0 Å². The molecule has 0 amide bonds. The van der Waals surface area contributed by atoms with E-state index in [0.29, 0.717) is 0 Å². The molecule has 1 aliphatic heterocycles. The fraction of sp³-hybridized carbons (Fsp3) is 0.0182. The van der Waals surface area contributed by atoms with E-state index in [1.165, 1.54) is 50.1 Å². The predicted molar refractivity (Wildman–Crippen MR) is 235 cm³/mol. The van der Waals surface area contributed by atoms with Crippen LogP contribution in [0.2, 0.25) is 0 Å².